The number of nitrogens with one attached hydrogen (secondary N) is 1. The normalized spacial score (nSPS) is 17.0. The molecule has 0 aromatic heterocycles. The van der Waals surface area contributed by atoms with Crippen LogP contribution in [0.1, 0.15) is 36.1 Å². The number of thioether (sulfide) groups is 1. The van der Waals surface area contributed by atoms with Crippen molar-refractivity contribution in [1.82, 2.24) is 15.1 Å². The van der Waals surface area contributed by atoms with Gasteiger partial charge in [0, 0.05) is 18.8 Å². The average molecular weight is 505 g/mol. The van der Waals surface area contributed by atoms with E-state index < -0.39 is 12.0 Å². The van der Waals surface area contributed by atoms with Gasteiger partial charge in [-0.25, -0.2) is 9.79 Å². The standard InChI is InChI=1S/C28H32N4O3S/c1-19-10-8-9-13-23(19)26-25(27(34)35-17-21-11-6-5-7-12-21)20(2)30-28-32(26)22(18-36-28)16-24(33)29-14-15-31(3)4/h5-13,18,26H,14-17H2,1-4H3,(H,29,33). The van der Waals surface area contributed by atoms with Crippen molar-refractivity contribution in [1.29, 1.82) is 0 Å². The Morgan fingerprint density at radius 3 is 2.53 bits per heavy atom. The zero-order chi connectivity index (χ0) is 25.7. The largest absolute Gasteiger partial charge is 0.457 e. The summed E-state index contributed by atoms with van der Waals surface area (Å²) in [5.74, 6) is -0.466. The number of amidine groups is 1. The first kappa shape index (κ1) is 25.7. The lowest BCUT2D eigenvalue weighted by Gasteiger charge is -2.37. The van der Waals surface area contributed by atoms with Gasteiger partial charge >= 0.3 is 5.97 Å². The van der Waals surface area contributed by atoms with Crippen LogP contribution in [-0.2, 0) is 20.9 Å². The molecule has 0 spiro atoms. The van der Waals surface area contributed by atoms with Crippen molar-refractivity contribution in [2.75, 3.05) is 27.2 Å². The Kier molecular flexibility index (Phi) is 8.28. The molecule has 2 aliphatic rings. The third-order valence-electron chi connectivity index (χ3n) is 6.14. The number of fused-ring (bicyclic) bond motifs is 1. The summed E-state index contributed by atoms with van der Waals surface area (Å²) in [6.07, 6.45) is 0.202. The first-order valence-electron chi connectivity index (χ1n) is 12.0. The summed E-state index contributed by atoms with van der Waals surface area (Å²) in [6.45, 7) is 5.40. The predicted octanol–water partition coefficient (Wildman–Crippen LogP) is 4.38. The molecule has 2 aliphatic heterocycles. The van der Waals surface area contributed by atoms with E-state index in [2.05, 4.69) is 5.32 Å². The number of aryl methyl sites for hydroxylation is 1. The molecule has 1 N–H and O–H groups in total. The van der Waals surface area contributed by atoms with E-state index in [1.807, 2.05) is 97.7 Å². The monoisotopic (exact) mass is 504 g/mol. The van der Waals surface area contributed by atoms with Crippen LogP contribution in [0.2, 0.25) is 0 Å². The number of nitrogens with zero attached hydrogens (tertiary/aromatic N) is 3. The maximum absolute atomic E-state index is 13.5. The van der Waals surface area contributed by atoms with Gasteiger partial charge < -0.3 is 19.9 Å². The van der Waals surface area contributed by atoms with Crippen LogP contribution in [0, 0.1) is 6.92 Å². The number of aliphatic imine (C=N–C) groups is 1. The fourth-order valence-electron chi connectivity index (χ4n) is 4.27. The van der Waals surface area contributed by atoms with Crippen molar-refractivity contribution in [2.45, 2.75) is 32.9 Å². The summed E-state index contributed by atoms with van der Waals surface area (Å²) in [6, 6.07) is 17.2. The van der Waals surface area contributed by atoms with E-state index in [4.69, 9.17) is 9.73 Å². The van der Waals surface area contributed by atoms with Crippen molar-refractivity contribution in [2.24, 2.45) is 4.99 Å². The van der Waals surface area contributed by atoms with Crippen LogP contribution >= 0.6 is 11.8 Å². The van der Waals surface area contributed by atoms with E-state index in [-0.39, 0.29) is 18.9 Å². The molecule has 0 radical (unpaired) electrons. The number of carbonyl (C=O) groups excluding carboxylic acids is 2. The number of esters is 1. The highest BCUT2D eigenvalue weighted by molar-refractivity contribution is 8.16. The van der Waals surface area contributed by atoms with Crippen LogP contribution in [-0.4, -0.2) is 54.0 Å². The zero-order valence-corrected chi connectivity index (χ0v) is 22.0. The first-order chi connectivity index (χ1) is 17.3. The van der Waals surface area contributed by atoms with Gasteiger partial charge in [-0.3, -0.25) is 4.79 Å². The molecule has 7 nitrogen and oxygen atoms in total. The maximum Gasteiger partial charge on any atom is 0.338 e. The van der Waals surface area contributed by atoms with Gasteiger partial charge in [0.15, 0.2) is 5.17 Å². The molecule has 4 rings (SSSR count). The van der Waals surface area contributed by atoms with Gasteiger partial charge in [0.1, 0.15) is 6.61 Å². The molecule has 0 fully saturated rings. The van der Waals surface area contributed by atoms with Crippen molar-refractivity contribution in [3.05, 3.63) is 93.7 Å². The number of benzene rings is 2. The molecule has 188 valence electrons. The van der Waals surface area contributed by atoms with Crippen LogP contribution in [0.4, 0.5) is 0 Å². The van der Waals surface area contributed by atoms with E-state index in [1.54, 1.807) is 0 Å². The molecule has 8 heteroatoms. The Balaban J connectivity index is 1.62. The number of hydrogen-bond acceptors (Lipinski definition) is 7. The number of amides is 1. The lowest BCUT2D eigenvalue weighted by atomic mass is 9.91. The van der Waals surface area contributed by atoms with Gasteiger partial charge in [0.2, 0.25) is 5.91 Å². The number of rotatable bonds is 9. The van der Waals surface area contributed by atoms with Gasteiger partial charge in [-0.1, -0.05) is 66.4 Å². The summed E-state index contributed by atoms with van der Waals surface area (Å²) in [5, 5.41) is 5.70. The lowest BCUT2D eigenvalue weighted by molar-refractivity contribution is -0.141. The second kappa shape index (κ2) is 11.6. The lowest BCUT2D eigenvalue weighted by Crippen LogP contribution is -2.39. The van der Waals surface area contributed by atoms with Crippen LogP contribution in [0.5, 0.6) is 0 Å². The highest BCUT2D eigenvalue weighted by Crippen LogP contribution is 2.45. The highest BCUT2D eigenvalue weighted by Gasteiger charge is 2.41. The molecular formula is C28H32N4O3S. The third kappa shape index (κ3) is 5.88. The number of hydrogen-bond donors (Lipinski definition) is 1. The molecule has 36 heavy (non-hydrogen) atoms. The highest BCUT2D eigenvalue weighted by atomic mass is 32.2. The Labute approximate surface area is 216 Å². The Hall–Kier alpha value is -3.36. The Morgan fingerprint density at radius 1 is 1.08 bits per heavy atom. The molecule has 1 unspecified atom stereocenters. The fraction of sp³-hybridized carbons (Fsp3) is 0.321. The van der Waals surface area contributed by atoms with E-state index in [0.717, 1.165) is 34.1 Å². The minimum Gasteiger partial charge on any atom is -0.457 e. The van der Waals surface area contributed by atoms with Gasteiger partial charge in [-0.15, -0.1) is 0 Å². The summed E-state index contributed by atoms with van der Waals surface area (Å²) in [7, 11) is 3.94. The van der Waals surface area contributed by atoms with E-state index in [9.17, 15) is 9.59 Å². The fourth-order valence-corrected chi connectivity index (χ4v) is 5.23. The summed E-state index contributed by atoms with van der Waals surface area (Å²) >= 11 is 1.48. The van der Waals surface area contributed by atoms with Crippen molar-refractivity contribution in [3.8, 4) is 0 Å². The number of ether oxygens (including phenoxy) is 1. The second-order valence-corrected chi connectivity index (χ2v) is 9.98. The molecule has 0 saturated heterocycles. The van der Waals surface area contributed by atoms with Gasteiger partial charge in [-0.05, 0) is 50.0 Å². The quantitative estimate of drug-likeness (QED) is 0.511. The van der Waals surface area contributed by atoms with E-state index in [0.29, 0.717) is 17.8 Å². The predicted molar refractivity (Wildman–Crippen MR) is 144 cm³/mol. The average Bonchev–Trinajstić information content (AvgIpc) is 3.24. The van der Waals surface area contributed by atoms with Gasteiger partial charge in [-0.2, -0.15) is 0 Å². The van der Waals surface area contributed by atoms with Crippen LogP contribution in [0.15, 0.2) is 82.0 Å². The number of allylic oxidation sites excluding steroid dienone is 1. The maximum atomic E-state index is 13.5. The van der Waals surface area contributed by atoms with Gasteiger partial charge in [0.05, 0.1) is 23.7 Å². The molecule has 1 atom stereocenters. The molecule has 0 saturated carbocycles. The molecule has 2 aromatic carbocycles. The SMILES string of the molecule is CC1=C(C(=O)OCc2ccccc2)C(c2ccccc2C)N2C(CC(=O)NCCN(C)C)=CSC2=N1. The van der Waals surface area contributed by atoms with E-state index in [1.165, 1.54) is 11.8 Å². The van der Waals surface area contributed by atoms with Crippen LogP contribution < -0.4 is 5.32 Å². The summed E-state index contributed by atoms with van der Waals surface area (Å²) in [4.78, 5) is 35.1. The molecule has 2 heterocycles. The minimum atomic E-state index is -0.433. The number of likely N-dealkylation sites (N-methyl/N-ethyl adjacent to an activating group) is 1. The molecule has 1 amide bonds. The smallest absolute Gasteiger partial charge is 0.338 e. The van der Waals surface area contributed by atoms with Crippen molar-refractivity contribution >= 4 is 28.8 Å². The first-order valence-corrected chi connectivity index (χ1v) is 12.9. The molecule has 0 bridgehead atoms. The molecule has 2 aromatic rings. The third-order valence-corrected chi connectivity index (χ3v) is 7.03. The topological polar surface area (TPSA) is 74.2 Å². The molecule has 0 aliphatic carbocycles. The van der Waals surface area contributed by atoms with Crippen molar-refractivity contribution in [3.63, 3.8) is 0 Å². The second-order valence-electron chi connectivity index (χ2n) is 9.14. The van der Waals surface area contributed by atoms with E-state index >= 15 is 0 Å². The number of carbonyl (C=O) groups is 2. The van der Waals surface area contributed by atoms with Crippen LogP contribution in [0.25, 0.3) is 0 Å². The minimum absolute atomic E-state index is 0.0621. The van der Waals surface area contributed by atoms with Crippen LogP contribution in [0.3, 0.4) is 0 Å². The summed E-state index contributed by atoms with van der Waals surface area (Å²) in [5.41, 5.74) is 4.89. The Morgan fingerprint density at radius 2 is 1.81 bits per heavy atom. The van der Waals surface area contributed by atoms with Gasteiger partial charge in [0.25, 0.3) is 0 Å². The van der Waals surface area contributed by atoms with Crippen molar-refractivity contribution < 1.29 is 14.3 Å². The Bertz CT molecular complexity index is 1220. The summed E-state index contributed by atoms with van der Waals surface area (Å²) < 4.78 is 5.77. The zero-order valence-electron chi connectivity index (χ0n) is 21.2. The molecular weight excluding hydrogens is 472 g/mol.